The second kappa shape index (κ2) is 7.84. The Morgan fingerprint density at radius 1 is 1.03 bits per heavy atom. The Hall–Kier alpha value is -3.52. The molecule has 0 aromatic heterocycles. The highest BCUT2D eigenvalue weighted by molar-refractivity contribution is 6.34. The maximum atomic E-state index is 12.9. The lowest BCUT2D eigenvalue weighted by molar-refractivity contribution is -0.119. The van der Waals surface area contributed by atoms with Crippen LogP contribution in [0.4, 0.5) is 10.5 Å². The number of rotatable bonds is 3. The normalized spacial score (nSPS) is 14.9. The zero-order chi connectivity index (χ0) is 21.3. The van der Waals surface area contributed by atoms with Crippen molar-refractivity contribution in [1.82, 2.24) is 10.6 Å². The van der Waals surface area contributed by atoms with E-state index in [1.807, 2.05) is 5.32 Å². The van der Waals surface area contributed by atoms with Crippen LogP contribution in [-0.2, 0) is 9.59 Å². The molecule has 8 nitrogen and oxygen atoms in total. The van der Waals surface area contributed by atoms with Gasteiger partial charge >= 0.3 is 6.03 Å². The van der Waals surface area contributed by atoms with Crippen molar-refractivity contribution >= 4 is 46.8 Å². The molecule has 2 N–H and O–H groups in total. The zero-order valence-corrected chi connectivity index (χ0v) is 16.2. The number of carbonyl (C=O) groups is 5. The molecule has 0 saturated heterocycles. The average Bonchev–Trinajstić information content (AvgIpc) is 2.92. The van der Waals surface area contributed by atoms with Crippen molar-refractivity contribution in [3.05, 3.63) is 64.2 Å². The molecule has 1 heterocycles. The monoisotopic (exact) mass is 413 g/mol. The van der Waals surface area contributed by atoms with Crippen LogP contribution in [-0.4, -0.2) is 29.5 Å². The van der Waals surface area contributed by atoms with Crippen LogP contribution >= 0.6 is 11.6 Å². The Kier molecular flexibility index (Phi) is 5.47. The van der Waals surface area contributed by atoms with Crippen LogP contribution in [0, 0.1) is 0 Å². The van der Waals surface area contributed by atoms with Crippen molar-refractivity contribution in [2.24, 2.45) is 0 Å². The van der Waals surface area contributed by atoms with Crippen LogP contribution in [0.5, 0.6) is 0 Å². The van der Waals surface area contributed by atoms with E-state index in [0.29, 0.717) is 5.56 Å². The molecule has 1 atom stereocenters. The zero-order valence-electron chi connectivity index (χ0n) is 15.5. The molecular formula is C20H16ClN3O5. The highest BCUT2D eigenvalue weighted by atomic mass is 35.5. The largest absolute Gasteiger partial charge is 0.336 e. The lowest BCUT2D eigenvalue weighted by Crippen LogP contribution is -2.46. The van der Waals surface area contributed by atoms with Gasteiger partial charge in [-0.3, -0.25) is 24.5 Å². The number of amides is 5. The van der Waals surface area contributed by atoms with E-state index in [9.17, 15) is 24.0 Å². The second-order valence-corrected chi connectivity index (χ2v) is 6.78. The molecule has 5 amide bonds. The number of nitrogens with zero attached hydrogens (tertiary/aromatic N) is 1. The Labute approximate surface area is 170 Å². The molecule has 0 aliphatic carbocycles. The van der Waals surface area contributed by atoms with Gasteiger partial charge in [-0.1, -0.05) is 23.7 Å². The van der Waals surface area contributed by atoms with Crippen LogP contribution in [0.15, 0.2) is 42.5 Å². The first kappa shape index (κ1) is 20.2. The molecule has 3 rings (SSSR count). The quantitative estimate of drug-likeness (QED) is 0.751. The van der Waals surface area contributed by atoms with Gasteiger partial charge in [-0.2, -0.15) is 0 Å². The van der Waals surface area contributed by atoms with Crippen molar-refractivity contribution in [2.45, 2.75) is 19.9 Å². The highest BCUT2D eigenvalue weighted by Crippen LogP contribution is 2.37. The smallest absolute Gasteiger partial charge is 0.335 e. The van der Waals surface area contributed by atoms with Gasteiger partial charge in [0.25, 0.3) is 11.8 Å². The lowest BCUT2D eigenvalue weighted by atomic mass is 10.0. The summed E-state index contributed by atoms with van der Waals surface area (Å²) in [6.07, 6.45) is 0. The van der Waals surface area contributed by atoms with Gasteiger partial charge in [0.05, 0.1) is 16.3 Å². The molecule has 148 valence electrons. The standard InChI is InChI=1S/C20H16ClN3O5/c1-10(25)12-7-8-16-14(9-12)17(19(28)24(16)20(29)22-11(2)26)23-18(27)13-5-3-4-6-15(13)21/h3-9,17H,1-2H3,(H,23,27)(H,22,26,29). The van der Waals surface area contributed by atoms with Crippen LogP contribution in [0.3, 0.4) is 0 Å². The third-order valence-electron chi connectivity index (χ3n) is 4.33. The predicted molar refractivity (Wildman–Crippen MR) is 105 cm³/mol. The number of fused-ring (bicyclic) bond motifs is 1. The third kappa shape index (κ3) is 3.88. The van der Waals surface area contributed by atoms with Crippen molar-refractivity contribution in [3.63, 3.8) is 0 Å². The first-order valence-electron chi connectivity index (χ1n) is 8.56. The highest BCUT2D eigenvalue weighted by Gasteiger charge is 2.42. The van der Waals surface area contributed by atoms with Crippen molar-refractivity contribution < 1.29 is 24.0 Å². The fourth-order valence-electron chi connectivity index (χ4n) is 3.00. The summed E-state index contributed by atoms with van der Waals surface area (Å²) in [6.45, 7) is 2.49. The van der Waals surface area contributed by atoms with E-state index < -0.39 is 29.8 Å². The number of urea groups is 1. The van der Waals surface area contributed by atoms with E-state index in [1.54, 1.807) is 12.1 Å². The molecule has 0 fully saturated rings. The number of imide groups is 2. The molecule has 0 saturated carbocycles. The maximum absolute atomic E-state index is 12.9. The van der Waals surface area contributed by atoms with Gasteiger partial charge in [-0.25, -0.2) is 9.69 Å². The minimum atomic E-state index is -1.23. The Morgan fingerprint density at radius 3 is 2.34 bits per heavy atom. The number of benzene rings is 2. The van der Waals surface area contributed by atoms with Gasteiger partial charge < -0.3 is 5.32 Å². The minimum absolute atomic E-state index is 0.151. The number of hydrogen-bond acceptors (Lipinski definition) is 5. The van der Waals surface area contributed by atoms with E-state index >= 15 is 0 Å². The number of halogens is 1. The average molecular weight is 414 g/mol. The fourth-order valence-corrected chi connectivity index (χ4v) is 3.22. The van der Waals surface area contributed by atoms with Gasteiger partial charge in [0.15, 0.2) is 5.78 Å². The summed E-state index contributed by atoms with van der Waals surface area (Å²) in [5.74, 6) is -2.28. The molecule has 2 aromatic carbocycles. The van der Waals surface area contributed by atoms with E-state index in [-0.39, 0.29) is 27.6 Å². The Balaban J connectivity index is 2.02. The summed E-state index contributed by atoms with van der Waals surface area (Å²) in [5.41, 5.74) is 0.894. The van der Waals surface area contributed by atoms with Crippen LogP contribution < -0.4 is 15.5 Å². The number of hydrogen-bond donors (Lipinski definition) is 2. The summed E-state index contributed by atoms with van der Waals surface area (Å²) in [4.78, 5) is 61.8. The van der Waals surface area contributed by atoms with Gasteiger partial charge in [-0.05, 0) is 37.3 Å². The first-order chi connectivity index (χ1) is 13.7. The van der Waals surface area contributed by atoms with Crippen LogP contribution in [0.25, 0.3) is 0 Å². The van der Waals surface area contributed by atoms with E-state index in [2.05, 4.69) is 5.32 Å². The van der Waals surface area contributed by atoms with Gasteiger partial charge in [-0.15, -0.1) is 0 Å². The van der Waals surface area contributed by atoms with Crippen molar-refractivity contribution in [2.75, 3.05) is 4.90 Å². The molecule has 0 radical (unpaired) electrons. The molecule has 1 aliphatic heterocycles. The van der Waals surface area contributed by atoms with Crippen LogP contribution in [0.2, 0.25) is 5.02 Å². The number of carbonyl (C=O) groups excluding carboxylic acids is 5. The molecular weight excluding hydrogens is 398 g/mol. The SMILES string of the molecule is CC(=O)NC(=O)N1C(=O)C(NC(=O)c2ccccc2Cl)c2cc(C(C)=O)ccc21. The fraction of sp³-hybridized carbons (Fsp3) is 0.150. The lowest BCUT2D eigenvalue weighted by Gasteiger charge is -2.16. The number of anilines is 1. The molecule has 0 spiro atoms. The van der Waals surface area contributed by atoms with Gasteiger partial charge in [0, 0.05) is 18.1 Å². The van der Waals surface area contributed by atoms with E-state index in [0.717, 1.165) is 11.8 Å². The van der Waals surface area contributed by atoms with Gasteiger partial charge in [0.2, 0.25) is 5.91 Å². The first-order valence-corrected chi connectivity index (χ1v) is 8.94. The topological polar surface area (TPSA) is 113 Å². The van der Waals surface area contributed by atoms with E-state index in [1.165, 1.54) is 37.3 Å². The third-order valence-corrected chi connectivity index (χ3v) is 4.66. The maximum Gasteiger partial charge on any atom is 0.335 e. The number of nitrogens with one attached hydrogen (secondary N) is 2. The number of ketones is 1. The molecule has 0 bridgehead atoms. The molecule has 1 unspecified atom stereocenters. The summed E-state index contributed by atoms with van der Waals surface area (Å²) in [6, 6.07) is 8.43. The summed E-state index contributed by atoms with van der Waals surface area (Å²) in [5, 5.41) is 4.78. The summed E-state index contributed by atoms with van der Waals surface area (Å²) < 4.78 is 0. The second-order valence-electron chi connectivity index (χ2n) is 6.38. The van der Waals surface area contributed by atoms with Crippen molar-refractivity contribution in [3.8, 4) is 0 Å². The van der Waals surface area contributed by atoms with Crippen molar-refractivity contribution in [1.29, 1.82) is 0 Å². The number of Topliss-reactive ketones (excluding diaryl/α,β-unsaturated/α-hetero) is 1. The minimum Gasteiger partial charge on any atom is -0.336 e. The summed E-state index contributed by atoms with van der Waals surface area (Å²) in [7, 11) is 0. The summed E-state index contributed by atoms with van der Waals surface area (Å²) >= 11 is 6.04. The molecule has 1 aliphatic rings. The Bertz CT molecular complexity index is 1070. The molecule has 29 heavy (non-hydrogen) atoms. The van der Waals surface area contributed by atoms with Gasteiger partial charge in [0.1, 0.15) is 6.04 Å². The molecule has 9 heteroatoms. The van der Waals surface area contributed by atoms with E-state index in [4.69, 9.17) is 11.6 Å². The Morgan fingerprint density at radius 2 is 1.72 bits per heavy atom. The predicted octanol–water partition coefficient (Wildman–Crippen LogP) is 2.62. The van der Waals surface area contributed by atoms with Crippen LogP contribution in [0.1, 0.15) is 46.2 Å². The molecule has 2 aromatic rings.